The molecule has 3 rings (SSSR count). The summed E-state index contributed by atoms with van der Waals surface area (Å²) in [6.45, 7) is 1.94. The van der Waals surface area contributed by atoms with Crippen LogP contribution >= 0.6 is 0 Å². The van der Waals surface area contributed by atoms with E-state index >= 15 is 0 Å². The van der Waals surface area contributed by atoms with Crippen LogP contribution in [0.2, 0.25) is 0 Å². The number of hydrogen-bond acceptors (Lipinski definition) is 7. The molecule has 3 aromatic rings. The van der Waals surface area contributed by atoms with Crippen molar-refractivity contribution in [1.82, 2.24) is 10.1 Å². The van der Waals surface area contributed by atoms with Crippen LogP contribution in [0.5, 0.6) is 17.2 Å². The summed E-state index contributed by atoms with van der Waals surface area (Å²) >= 11 is 0. The molecule has 0 fully saturated rings. The molecule has 8 nitrogen and oxygen atoms in total. The third-order valence-electron chi connectivity index (χ3n) is 4.08. The highest BCUT2D eigenvalue weighted by atomic mass is 16.5. The molecule has 0 unspecified atom stereocenters. The number of hydrogen-bond donors (Lipinski definition) is 1. The second kappa shape index (κ2) is 8.43. The fourth-order valence-corrected chi connectivity index (χ4v) is 2.67. The van der Waals surface area contributed by atoms with E-state index in [9.17, 15) is 4.79 Å². The molecule has 0 spiro atoms. The SMILES string of the molecule is CCc1nc(-c2cccc(NC(=O)c3cc(OC)c(OC)c(OC)c3)c2)no1. The molecule has 0 saturated carbocycles. The molecule has 0 saturated heterocycles. The van der Waals surface area contributed by atoms with Gasteiger partial charge in [-0.15, -0.1) is 0 Å². The molecule has 146 valence electrons. The van der Waals surface area contributed by atoms with Crippen LogP contribution in [0.25, 0.3) is 11.4 Å². The first-order valence-corrected chi connectivity index (χ1v) is 8.64. The first-order valence-electron chi connectivity index (χ1n) is 8.64. The van der Waals surface area contributed by atoms with E-state index in [1.807, 2.05) is 19.1 Å². The average molecular weight is 383 g/mol. The normalized spacial score (nSPS) is 10.4. The molecule has 1 aromatic heterocycles. The number of aromatic nitrogens is 2. The zero-order valence-corrected chi connectivity index (χ0v) is 16.1. The standard InChI is InChI=1S/C20H21N3O5/c1-5-17-22-19(23-28-17)12-7-6-8-14(9-12)21-20(24)13-10-15(25-2)18(27-4)16(11-13)26-3/h6-11H,5H2,1-4H3,(H,21,24). The Morgan fingerprint density at radius 3 is 2.36 bits per heavy atom. The highest BCUT2D eigenvalue weighted by molar-refractivity contribution is 6.05. The van der Waals surface area contributed by atoms with Gasteiger partial charge in [0.05, 0.1) is 21.3 Å². The highest BCUT2D eigenvalue weighted by Crippen LogP contribution is 2.38. The van der Waals surface area contributed by atoms with Gasteiger partial charge in [-0.05, 0) is 24.3 Å². The molecule has 0 atom stereocenters. The maximum atomic E-state index is 12.7. The van der Waals surface area contributed by atoms with Crippen molar-refractivity contribution in [2.24, 2.45) is 0 Å². The number of amides is 1. The smallest absolute Gasteiger partial charge is 0.255 e. The van der Waals surface area contributed by atoms with Crippen molar-refractivity contribution in [3.8, 4) is 28.6 Å². The Kier molecular flexibility index (Phi) is 5.78. The number of methoxy groups -OCH3 is 3. The Bertz CT molecular complexity index is 958. The summed E-state index contributed by atoms with van der Waals surface area (Å²) in [6, 6.07) is 10.4. The van der Waals surface area contributed by atoms with E-state index in [0.29, 0.717) is 46.6 Å². The van der Waals surface area contributed by atoms with Crippen LogP contribution in [-0.4, -0.2) is 37.4 Å². The third kappa shape index (κ3) is 3.90. The van der Waals surface area contributed by atoms with Gasteiger partial charge in [0.25, 0.3) is 5.91 Å². The van der Waals surface area contributed by atoms with Gasteiger partial charge in [-0.3, -0.25) is 4.79 Å². The number of aryl methyl sites for hydroxylation is 1. The molecular weight excluding hydrogens is 362 g/mol. The van der Waals surface area contributed by atoms with Crippen molar-refractivity contribution in [3.05, 3.63) is 47.9 Å². The Labute approximate surface area is 162 Å². The zero-order valence-electron chi connectivity index (χ0n) is 16.1. The van der Waals surface area contributed by atoms with Crippen LogP contribution in [0.15, 0.2) is 40.9 Å². The number of anilines is 1. The minimum absolute atomic E-state index is 0.321. The third-order valence-corrected chi connectivity index (χ3v) is 4.08. The average Bonchev–Trinajstić information content (AvgIpc) is 3.22. The lowest BCUT2D eigenvalue weighted by atomic mass is 10.1. The predicted octanol–water partition coefficient (Wildman–Crippen LogP) is 3.58. The molecule has 0 aliphatic rings. The zero-order chi connectivity index (χ0) is 20.1. The largest absolute Gasteiger partial charge is 0.493 e. The summed E-state index contributed by atoms with van der Waals surface area (Å²) in [5.74, 6) is 1.94. The second-order valence-corrected chi connectivity index (χ2v) is 5.81. The first-order chi connectivity index (χ1) is 13.6. The predicted molar refractivity (Wildman–Crippen MR) is 103 cm³/mol. The van der Waals surface area contributed by atoms with Crippen molar-refractivity contribution in [3.63, 3.8) is 0 Å². The molecule has 1 amide bonds. The van der Waals surface area contributed by atoms with Gasteiger partial charge in [0.2, 0.25) is 17.5 Å². The number of rotatable bonds is 7. The monoisotopic (exact) mass is 383 g/mol. The van der Waals surface area contributed by atoms with Gasteiger partial charge in [-0.1, -0.05) is 24.2 Å². The molecule has 8 heteroatoms. The number of carbonyl (C=O) groups is 1. The molecule has 2 aromatic carbocycles. The molecule has 1 heterocycles. The number of nitrogens with one attached hydrogen (secondary N) is 1. The van der Waals surface area contributed by atoms with E-state index in [2.05, 4.69) is 15.5 Å². The molecule has 0 radical (unpaired) electrons. The van der Waals surface area contributed by atoms with Crippen LogP contribution in [0.4, 0.5) is 5.69 Å². The van der Waals surface area contributed by atoms with Crippen LogP contribution in [0.1, 0.15) is 23.2 Å². The summed E-state index contributed by atoms with van der Waals surface area (Å²) in [5.41, 5.74) is 1.71. The quantitative estimate of drug-likeness (QED) is 0.666. The molecule has 0 bridgehead atoms. The molecular formula is C20H21N3O5. The fourth-order valence-electron chi connectivity index (χ4n) is 2.67. The van der Waals surface area contributed by atoms with Crippen molar-refractivity contribution in [2.75, 3.05) is 26.6 Å². The van der Waals surface area contributed by atoms with Crippen molar-refractivity contribution >= 4 is 11.6 Å². The molecule has 28 heavy (non-hydrogen) atoms. The Balaban J connectivity index is 1.86. The lowest BCUT2D eigenvalue weighted by Crippen LogP contribution is -2.12. The van der Waals surface area contributed by atoms with Gasteiger partial charge in [-0.2, -0.15) is 4.98 Å². The number of nitrogens with zero attached hydrogens (tertiary/aromatic N) is 2. The van der Waals surface area contributed by atoms with Crippen LogP contribution in [0, 0.1) is 0 Å². The second-order valence-electron chi connectivity index (χ2n) is 5.81. The number of carbonyl (C=O) groups excluding carboxylic acids is 1. The van der Waals surface area contributed by atoms with Crippen molar-refractivity contribution < 1.29 is 23.5 Å². The van der Waals surface area contributed by atoms with Gasteiger partial charge in [0.15, 0.2) is 11.5 Å². The van der Waals surface area contributed by atoms with Crippen molar-refractivity contribution in [2.45, 2.75) is 13.3 Å². The first kappa shape index (κ1) is 19.2. The van der Waals surface area contributed by atoms with E-state index < -0.39 is 0 Å². The Morgan fingerprint density at radius 2 is 1.79 bits per heavy atom. The molecule has 0 aliphatic carbocycles. The van der Waals surface area contributed by atoms with E-state index in [0.717, 1.165) is 5.56 Å². The van der Waals surface area contributed by atoms with E-state index in [-0.39, 0.29) is 5.91 Å². The van der Waals surface area contributed by atoms with Crippen LogP contribution in [0.3, 0.4) is 0 Å². The summed E-state index contributed by atoms with van der Waals surface area (Å²) in [7, 11) is 4.50. The van der Waals surface area contributed by atoms with Gasteiger partial charge in [-0.25, -0.2) is 0 Å². The summed E-state index contributed by atoms with van der Waals surface area (Å²) in [6.07, 6.45) is 0.657. The molecule has 1 N–H and O–H groups in total. The van der Waals surface area contributed by atoms with Crippen molar-refractivity contribution in [1.29, 1.82) is 0 Å². The summed E-state index contributed by atoms with van der Waals surface area (Å²) < 4.78 is 21.0. The Morgan fingerprint density at radius 1 is 1.07 bits per heavy atom. The van der Waals surface area contributed by atoms with E-state index in [1.54, 1.807) is 24.3 Å². The van der Waals surface area contributed by atoms with E-state index in [4.69, 9.17) is 18.7 Å². The highest BCUT2D eigenvalue weighted by Gasteiger charge is 2.17. The van der Waals surface area contributed by atoms with Crippen LogP contribution < -0.4 is 19.5 Å². The van der Waals surface area contributed by atoms with Gasteiger partial charge >= 0.3 is 0 Å². The minimum atomic E-state index is -0.321. The lowest BCUT2D eigenvalue weighted by Gasteiger charge is -2.14. The summed E-state index contributed by atoms with van der Waals surface area (Å²) in [4.78, 5) is 17.0. The maximum Gasteiger partial charge on any atom is 0.255 e. The molecule has 0 aliphatic heterocycles. The number of ether oxygens (including phenoxy) is 3. The Hall–Kier alpha value is -3.55. The topological polar surface area (TPSA) is 95.7 Å². The van der Waals surface area contributed by atoms with Gasteiger partial charge in [0.1, 0.15) is 0 Å². The van der Waals surface area contributed by atoms with Gasteiger partial charge in [0, 0.05) is 23.2 Å². The van der Waals surface area contributed by atoms with Gasteiger partial charge < -0.3 is 24.1 Å². The maximum absolute atomic E-state index is 12.7. The number of benzene rings is 2. The lowest BCUT2D eigenvalue weighted by molar-refractivity contribution is 0.102. The fraction of sp³-hybridized carbons (Fsp3) is 0.250. The summed E-state index contributed by atoms with van der Waals surface area (Å²) in [5, 5.41) is 6.81. The van der Waals surface area contributed by atoms with E-state index in [1.165, 1.54) is 21.3 Å². The minimum Gasteiger partial charge on any atom is -0.493 e. The van der Waals surface area contributed by atoms with Crippen LogP contribution in [-0.2, 0) is 6.42 Å².